The molecule has 14 heavy (non-hydrogen) atoms. The van der Waals surface area contributed by atoms with E-state index < -0.39 is 5.97 Å². The molecule has 0 fully saturated rings. The molecule has 2 rings (SSSR count). The predicted molar refractivity (Wildman–Crippen MR) is 51.9 cm³/mol. The molecule has 0 unspecified atom stereocenters. The zero-order valence-electron chi connectivity index (χ0n) is 7.14. The van der Waals surface area contributed by atoms with Crippen LogP contribution in [-0.2, 0) is 0 Å². The van der Waals surface area contributed by atoms with Gasteiger partial charge in [-0.3, -0.25) is 0 Å². The minimum absolute atomic E-state index is 0.0150. The van der Waals surface area contributed by atoms with Crippen molar-refractivity contribution in [2.45, 2.75) is 0 Å². The van der Waals surface area contributed by atoms with Crippen molar-refractivity contribution in [2.24, 2.45) is 0 Å². The molecular formula is C10H6NO2S-. The summed E-state index contributed by atoms with van der Waals surface area (Å²) in [4.78, 5) is 15.1. The highest BCUT2D eigenvalue weighted by Gasteiger charge is 2.08. The molecule has 0 amide bonds. The van der Waals surface area contributed by atoms with E-state index in [4.69, 9.17) is 0 Å². The maximum Gasteiger partial charge on any atom is 0.104 e. The number of carbonyl (C=O) groups excluding carboxylic acids is 1. The van der Waals surface area contributed by atoms with Gasteiger partial charge in [0.1, 0.15) is 5.69 Å². The highest BCUT2D eigenvalue weighted by molar-refractivity contribution is 7.13. The Morgan fingerprint density at radius 1 is 1.29 bits per heavy atom. The summed E-state index contributed by atoms with van der Waals surface area (Å²) in [5.41, 5.74) is 2.38. The Morgan fingerprint density at radius 3 is 2.64 bits per heavy atom. The maximum absolute atomic E-state index is 10.7. The van der Waals surface area contributed by atoms with Crippen LogP contribution in [0, 0.1) is 0 Å². The molecule has 0 spiro atoms. The number of carboxylic acids is 1. The number of aromatic nitrogens is 1. The maximum atomic E-state index is 10.7. The van der Waals surface area contributed by atoms with E-state index in [1.807, 2.05) is 30.3 Å². The number of nitrogens with zero attached hydrogens (tertiary/aromatic N) is 1. The third-order valence-electron chi connectivity index (χ3n) is 1.80. The van der Waals surface area contributed by atoms with Crippen LogP contribution in [0.2, 0.25) is 0 Å². The second-order valence-electron chi connectivity index (χ2n) is 2.68. The minimum Gasteiger partial charge on any atom is -0.543 e. The number of thiazole rings is 1. The molecule has 4 heteroatoms. The van der Waals surface area contributed by atoms with Crippen molar-refractivity contribution in [1.82, 2.24) is 4.98 Å². The molecule has 0 bridgehead atoms. The zero-order chi connectivity index (χ0) is 9.97. The van der Waals surface area contributed by atoms with Crippen molar-refractivity contribution in [1.29, 1.82) is 0 Å². The highest BCUT2D eigenvalue weighted by atomic mass is 32.1. The highest BCUT2D eigenvalue weighted by Crippen LogP contribution is 2.26. The van der Waals surface area contributed by atoms with Crippen molar-refractivity contribution < 1.29 is 9.90 Å². The van der Waals surface area contributed by atoms with Crippen molar-refractivity contribution in [3.05, 3.63) is 41.5 Å². The summed E-state index contributed by atoms with van der Waals surface area (Å²) in [6.45, 7) is 0. The molecule has 0 aliphatic rings. The number of hydrogen-bond donors (Lipinski definition) is 0. The Morgan fingerprint density at radius 2 is 2.00 bits per heavy atom. The number of rotatable bonds is 2. The van der Waals surface area contributed by atoms with Crippen LogP contribution in [0.1, 0.15) is 10.5 Å². The van der Waals surface area contributed by atoms with Gasteiger partial charge in [-0.15, -0.1) is 11.3 Å². The first-order valence-corrected chi connectivity index (χ1v) is 4.87. The molecule has 3 nitrogen and oxygen atoms in total. The summed E-state index contributed by atoms with van der Waals surface area (Å²) in [5.74, 6) is -1.23. The molecule has 0 radical (unpaired) electrons. The fourth-order valence-electron chi connectivity index (χ4n) is 1.19. The Labute approximate surface area is 84.7 Å². The van der Waals surface area contributed by atoms with Gasteiger partial charge in [-0.25, -0.2) is 4.98 Å². The first-order chi connectivity index (χ1) is 6.79. The van der Waals surface area contributed by atoms with Gasteiger partial charge in [0.05, 0.1) is 16.4 Å². The summed E-state index contributed by atoms with van der Waals surface area (Å²) in [6, 6.07) is 9.28. The summed E-state index contributed by atoms with van der Waals surface area (Å²) >= 11 is 1.30. The van der Waals surface area contributed by atoms with Crippen LogP contribution < -0.4 is 5.11 Å². The molecule has 1 aromatic carbocycles. The second-order valence-corrected chi connectivity index (χ2v) is 3.54. The Hall–Kier alpha value is -1.68. The van der Waals surface area contributed by atoms with Gasteiger partial charge in [0.15, 0.2) is 0 Å². The Balaban J connectivity index is 2.52. The summed E-state index contributed by atoms with van der Waals surface area (Å²) in [5, 5.41) is 10.7. The van der Waals surface area contributed by atoms with Crippen molar-refractivity contribution >= 4 is 17.3 Å². The SMILES string of the molecule is O=C([O-])c1ncsc1-c1ccccc1. The van der Waals surface area contributed by atoms with Gasteiger partial charge in [-0.1, -0.05) is 30.3 Å². The molecule has 0 aliphatic heterocycles. The lowest BCUT2D eigenvalue weighted by molar-refractivity contribution is -0.255. The second kappa shape index (κ2) is 3.59. The molecule has 0 saturated heterocycles. The van der Waals surface area contributed by atoms with Crippen LogP contribution in [0.5, 0.6) is 0 Å². The molecule has 0 atom stereocenters. The van der Waals surface area contributed by atoms with E-state index in [-0.39, 0.29) is 5.69 Å². The van der Waals surface area contributed by atoms with Gasteiger partial charge >= 0.3 is 0 Å². The monoisotopic (exact) mass is 204 g/mol. The summed E-state index contributed by atoms with van der Waals surface area (Å²) in [7, 11) is 0. The van der Waals surface area contributed by atoms with E-state index >= 15 is 0 Å². The number of hydrogen-bond acceptors (Lipinski definition) is 4. The molecule has 1 aromatic heterocycles. The number of benzene rings is 1. The third-order valence-corrected chi connectivity index (χ3v) is 2.67. The number of carboxylic acid groups (broad SMARTS) is 1. The lowest BCUT2D eigenvalue weighted by atomic mass is 10.1. The largest absolute Gasteiger partial charge is 0.543 e. The first kappa shape index (κ1) is 8.90. The zero-order valence-corrected chi connectivity index (χ0v) is 7.95. The number of aromatic carboxylic acids is 1. The summed E-state index contributed by atoms with van der Waals surface area (Å²) < 4.78 is 0. The van der Waals surface area contributed by atoms with Gasteiger partial charge in [-0.05, 0) is 5.56 Å². The van der Waals surface area contributed by atoms with E-state index in [2.05, 4.69) is 4.98 Å². The quantitative estimate of drug-likeness (QED) is 0.738. The van der Waals surface area contributed by atoms with E-state index in [1.165, 1.54) is 16.8 Å². The minimum atomic E-state index is -1.23. The molecule has 70 valence electrons. The molecule has 2 aromatic rings. The van der Waals surface area contributed by atoms with E-state index in [1.54, 1.807) is 0 Å². The lowest BCUT2D eigenvalue weighted by Crippen LogP contribution is -2.23. The van der Waals surface area contributed by atoms with Crippen molar-refractivity contribution in [2.75, 3.05) is 0 Å². The van der Waals surface area contributed by atoms with Crippen LogP contribution in [0.15, 0.2) is 35.8 Å². The number of carbonyl (C=O) groups is 1. The van der Waals surface area contributed by atoms with Gasteiger partial charge in [-0.2, -0.15) is 0 Å². The summed E-state index contributed by atoms with van der Waals surface area (Å²) in [6.07, 6.45) is 0. The van der Waals surface area contributed by atoms with Crippen molar-refractivity contribution in [3.63, 3.8) is 0 Å². The van der Waals surface area contributed by atoms with Crippen LogP contribution in [0.25, 0.3) is 10.4 Å². The fraction of sp³-hybridized carbons (Fsp3) is 0. The van der Waals surface area contributed by atoms with Gasteiger partial charge in [0.25, 0.3) is 0 Å². The average Bonchev–Trinajstić information content (AvgIpc) is 2.67. The van der Waals surface area contributed by atoms with Gasteiger partial charge < -0.3 is 9.90 Å². The van der Waals surface area contributed by atoms with E-state index in [9.17, 15) is 9.90 Å². The smallest absolute Gasteiger partial charge is 0.104 e. The average molecular weight is 204 g/mol. The van der Waals surface area contributed by atoms with Gasteiger partial charge in [0.2, 0.25) is 0 Å². The van der Waals surface area contributed by atoms with Crippen molar-refractivity contribution in [3.8, 4) is 10.4 Å². The fourth-order valence-corrected chi connectivity index (χ4v) is 1.97. The molecule has 0 aliphatic carbocycles. The normalized spacial score (nSPS) is 10.0. The predicted octanol–water partition coefficient (Wildman–Crippen LogP) is 1.17. The topological polar surface area (TPSA) is 53.0 Å². The van der Waals surface area contributed by atoms with Crippen LogP contribution in [-0.4, -0.2) is 11.0 Å². The van der Waals surface area contributed by atoms with E-state index in [0.717, 1.165) is 5.56 Å². The molecule has 1 heterocycles. The Bertz CT molecular complexity index is 450. The first-order valence-electron chi connectivity index (χ1n) is 3.99. The lowest BCUT2D eigenvalue weighted by Gasteiger charge is -2.02. The van der Waals surface area contributed by atoms with Crippen LogP contribution in [0.3, 0.4) is 0 Å². The van der Waals surface area contributed by atoms with E-state index in [0.29, 0.717) is 4.88 Å². The molecule has 0 N–H and O–H groups in total. The molecular weight excluding hydrogens is 198 g/mol. The van der Waals surface area contributed by atoms with Crippen LogP contribution in [0.4, 0.5) is 0 Å². The van der Waals surface area contributed by atoms with Gasteiger partial charge in [0, 0.05) is 0 Å². The van der Waals surface area contributed by atoms with Crippen LogP contribution >= 0.6 is 11.3 Å². The molecule has 0 saturated carbocycles. The third kappa shape index (κ3) is 1.52. The standard InChI is InChI=1S/C10H7NO2S/c12-10(13)8-9(14-6-11-8)7-4-2-1-3-5-7/h1-6H,(H,12,13)/p-1. The Kier molecular flexibility index (Phi) is 2.28.